The molecule has 0 aromatic heterocycles. The average molecular weight is 372 g/mol. The molecule has 5 nitrogen and oxygen atoms in total. The van der Waals surface area contributed by atoms with Crippen molar-refractivity contribution >= 4 is 29.2 Å². The molecular weight excluding hydrogens is 353 g/mol. The molecule has 0 aromatic carbocycles. The van der Waals surface area contributed by atoms with Crippen LogP contribution in [0.2, 0.25) is 10.0 Å². The first-order chi connectivity index (χ1) is 11.1. The van der Waals surface area contributed by atoms with E-state index in [2.05, 4.69) is 0 Å². The van der Waals surface area contributed by atoms with Crippen LogP contribution in [0.4, 0.5) is 0 Å². The molecule has 0 aromatic rings. The van der Waals surface area contributed by atoms with Gasteiger partial charge in [0.05, 0.1) is 17.2 Å². The van der Waals surface area contributed by atoms with Crippen LogP contribution in [0.1, 0.15) is 38.2 Å². The summed E-state index contributed by atoms with van der Waals surface area (Å²) in [4.78, 5) is 24.7. The zero-order valence-electron chi connectivity index (χ0n) is 13.9. The number of rotatable bonds is 3. The first-order valence-electron chi connectivity index (χ1n) is 7.48. The topological polar surface area (TPSA) is 68.5 Å². The van der Waals surface area contributed by atoms with Crippen LogP contribution >= 0.6 is 23.2 Å². The number of hydrogen-bond donors (Lipinski definition) is 1. The van der Waals surface area contributed by atoms with Crippen molar-refractivity contribution in [3.63, 3.8) is 0 Å². The molecule has 130 valence electrons. The van der Waals surface area contributed by atoms with Gasteiger partial charge in [0.25, 0.3) is 0 Å². The van der Waals surface area contributed by atoms with Crippen LogP contribution in [0.25, 0.3) is 11.1 Å². The number of esters is 1. The fraction of sp³-hybridized carbons (Fsp3) is 0.412. The summed E-state index contributed by atoms with van der Waals surface area (Å²) in [6.07, 6.45) is 1.51. The van der Waals surface area contributed by atoms with Gasteiger partial charge in [0.2, 0.25) is 5.43 Å². The van der Waals surface area contributed by atoms with E-state index < -0.39 is 11.4 Å². The van der Waals surface area contributed by atoms with Crippen molar-refractivity contribution in [2.24, 2.45) is 5.41 Å². The minimum absolute atomic E-state index is 0.0166. The zero-order valence-corrected chi connectivity index (χ0v) is 15.5. The Balaban J connectivity index is 2.86. The number of halogens is 2. The molecule has 1 heterocycles. The number of hydrogen-bond acceptors (Lipinski definition) is 4. The molecular formula is C17H19Cl2NO4. The van der Waals surface area contributed by atoms with Crippen LogP contribution in [0.3, 0.4) is 0 Å². The second-order valence-electron chi connectivity index (χ2n) is 6.70. The van der Waals surface area contributed by atoms with Gasteiger partial charge in [-0.3, -0.25) is 4.79 Å². The lowest BCUT2D eigenvalue weighted by molar-refractivity contribution is 0.0506. The first kappa shape index (κ1) is 18.6. The largest absolute Gasteiger partial charge is 0.505 e. The highest BCUT2D eigenvalue weighted by molar-refractivity contribution is 6.42. The lowest BCUT2D eigenvalue weighted by Gasteiger charge is -2.25. The summed E-state index contributed by atoms with van der Waals surface area (Å²) in [6, 6.07) is 1.38. The number of carbonyl (C=O) groups excluding carboxylic acids is 1. The third kappa shape index (κ3) is 3.52. The minimum Gasteiger partial charge on any atom is -0.505 e. The average Bonchev–Trinajstić information content (AvgIpc) is 2.45. The molecule has 24 heavy (non-hydrogen) atoms. The van der Waals surface area contributed by atoms with Crippen LogP contribution in [-0.4, -0.2) is 22.2 Å². The molecule has 0 saturated heterocycles. The Labute approximate surface area is 150 Å². The number of nitrogens with zero attached hydrogens (tertiary/aromatic N) is 1. The van der Waals surface area contributed by atoms with Crippen LogP contribution in [-0.2, 0) is 11.3 Å². The molecule has 7 heteroatoms. The number of carbonyl (C=O) groups is 1. The molecule has 1 aliphatic heterocycles. The van der Waals surface area contributed by atoms with E-state index in [4.69, 9.17) is 27.9 Å². The van der Waals surface area contributed by atoms with E-state index in [1.54, 1.807) is 6.92 Å². The summed E-state index contributed by atoms with van der Waals surface area (Å²) in [5, 5.41) is 10.5. The van der Waals surface area contributed by atoms with Crippen molar-refractivity contribution in [3.05, 3.63) is 38.2 Å². The molecule has 0 radical (unpaired) electrons. The number of aromatic hydroxyl groups is 1. The van der Waals surface area contributed by atoms with E-state index >= 15 is 0 Å². The van der Waals surface area contributed by atoms with Crippen molar-refractivity contribution in [2.75, 3.05) is 6.61 Å². The Bertz CT molecular complexity index is 821. The number of pyridine rings is 1. The van der Waals surface area contributed by atoms with Gasteiger partial charge in [0.15, 0.2) is 11.4 Å². The molecule has 0 unspecified atom stereocenters. The predicted molar refractivity (Wildman–Crippen MR) is 94.4 cm³/mol. The molecule has 0 atom stereocenters. The SMILES string of the molecule is CCOC(=O)c1c(O)c2cc(Cl)c(Cl)c(=O)c-2cn1CC(C)(C)C. The third-order valence-electron chi connectivity index (χ3n) is 3.38. The quantitative estimate of drug-likeness (QED) is 0.821. The Morgan fingerprint density at radius 1 is 1.29 bits per heavy atom. The number of fused-ring (bicyclic) bond motifs is 1. The highest BCUT2D eigenvalue weighted by Crippen LogP contribution is 2.37. The molecule has 2 rings (SSSR count). The van der Waals surface area contributed by atoms with E-state index in [1.807, 2.05) is 20.8 Å². The fourth-order valence-corrected chi connectivity index (χ4v) is 2.83. The Kier molecular flexibility index (Phi) is 5.16. The van der Waals surface area contributed by atoms with Crippen molar-refractivity contribution < 1.29 is 14.6 Å². The molecule has 0 amide bonds. The highest BCUT2D eigenvalue weighted by Gasteiger charge is 2.27. The van der Waals surface area contributed by atoms with Gasteiger partial charge >= 0.3 is 5.97 Å². The second kappa shape index (κ2) is 6.65. The van der Waals surface area contributed by atoms with Gasteiger partial charge in [-0.25, -0.2) is 4.79 Å². The zero-order chi connectivity index (χ0) is 18.2. The molecule has 2 aliphatic rings. The lowest BCUT2D eigenvalue weighted by atomic mass is 9.95. The molecule has 0 spiro atoms. The van der Waals surface area contributed by atoms with Crippen LogP contribution in [0, 0.1) is 5.41 Å². The van der Waals surface area contributed by atoms with Gasteiger partial charge in [-0.15, -0.1) is 0 Å². The summed E-state index contributed by atoms with van der Waals surface area (Å²) in [7, 11) is 0. The summed E-state index contributed by atoms with van der Waals surface area (Å²) >= 11 is 11.9. The summed E-state index contributed by atoms with van der Waals surface area (Å²) in [6.45, 7) is 8.16. The Morgan fingerprint density at radius 3 is 2.46 bits per heavy atom. The summed E-state index contributed by atoms with van der Waals surface area (Å²) in [5.41, 5.74) is -0.350. The lowest BCUT2D eigenvalue weighted by Crippen LogP contribution is -2.24. The Morgan fingerprint density at radius 2 is 1.92 bits per heavy atom. The van der Waals surface area contributed by atoms with Gasteiger partial charge < -0.3 is 14.4 Å². The van der Waals surface area contributed by atoms with E-state index in [0.717, 1.165) is 0 Å². The van der Waals surface area contributed by atoms with Gasteiger partial charge in [0.1, 0.15) is 5.02 Å². The molecule has 0 bridgehead atoms. The van der Waals surface area contributed by atoms with Gasteiger partial charge in [-0.1, -0.05) is 44.0 Å². The van der Waals surface area contributed by atoms with Crippen LogP contribution < -0.4 is 5.43 Å². The van der Waals surface area contributed by atoms with Crippen molar-refractivity contribution in [2.45, 2.75) is 34.2 Å². The van der Waals surface area contributed by atoms with E-state index in [9.17, 15) is 14.7 Å². The minimum atomic E-state index is -0.667. The Hall–Kier alpha value is -1.72. The normalized spacial score (nSPS) is 11.8. The number of aromatic nitrogens is 1. The van der Waals surface area contributed by atoms with Crippen LogP contribution in [0.5, 0.6) is 5.75 Å². The highest BCUT2D eigenvalue weighted by atomic mass is 35.5. The maximum Gasteiger partial charge on any atom is 0.358 e. The van der Waals surface area contributed by atoms with Gasteiger partial charge in [-0.05, 0) is 18.4 Å². The van der Waals surface area contributed by atoms with Gasteiger partial charge in [-0.2, -0.15) is 0 Å². The van der Waals surface area contributed by atoms with E-state index in [1.165, 1.54) is 16.8 Å². The monoisotopic (exact) mass is 371 g/mol. The number of ether oxygens (including phenoxy) is 1. The fourth-order valence-electron chi connectivity index (χ4n) is 2.47. The molecule has 1 N–H and O–H groups in total. The number of benzene rings is 1. The molecule has 1 aliphatic carbocycles. The van der Waals surface area contributed by atoms with Crippen molar-refractivity contribution in [1.82, 2.24) is 4.57 Å². The standard InChI is InChI=1S/C17H19Cl2NO4/c1-5-24-16(23)13-15(22)9-6-11(18)12(19)14(21)10(9)7-20(13)8-17(2,3)4/h6-7,22H,5,8H2,1-4H3. The first-order valence-corrected chi connectivity index (χ1v) is 8.23. The third-order valence-corrected chi connectivity index (χ3v) is 4.15. The second-order valence-corrected chi connectivity index (χ2v) is 7.48. The molecule has 0 saturated carbocycles. The van der Waals surface area contributed by atoms with E-state index in [-0.39, 0.29) is 44.6 Å². The van der Waals surface area contributed by atoms with Crippen molar-refractivity contribution in [1.29, 1.82) is 0 Å². The van der Waals surface area contributed by atoms with E-state index in [0.29, 0.717) is 6.54 Å². The summed E-state index contributed by atoms with van der Waals surface area (Å²) in [5.74, 6) is -1.01. The van der Waals surface area contributed by atoms with Crippen LogP contribution in [0.15, 0.2) is 17.1 Å². The maximum absolute atomic E-state index is 12.4. The smallest absolute Gasteiger partial charge is 0.358 e. The van der Waals surface area contributed by atoms with Crippen molar-refractivity contribution in [3.8, 4) is 16.9 Å². The van der Waals surface area contributed by atoms with Gasteiger partial charge in [0, 0.05) is 18.3 Å². The predicted octanol–water partition coefficient (Wildman–Crippen LogP) is 4.19. The molecule has 0 fully saturated rings. The maximum atomic E-state index is 12.4. The summed E-state index contributed by atoms with van der Waals surface area (Å²) < 4.78 is 6.57.